The van der Waals surface area contributed by atoms with E-state index >= 15 is 0 Å². The number of methoxy groups -OCH3 is 1. The van der Waals surface area contributed by atoms with Gasteiger partial charge in [0.2, 0.25) is 5.91 Å². The first-order valence-corrected chi connectivity index (χ1v) is 8.37. The highest BCUT2D eigenvalue weighted by Crippen LogP contribution is 2.35. The average molecular weight is 324 g/mol. The lowest BCUT2D eigenvalue weighted by Gasteiger charge is -2.40. The summed E-state index contributed by atoms with van der Waals surface area (Å²) < 4.78 is 4.75. The lowest BCUT2D eigenvalue weighted by molar-refractivity contribution is -0.144. The van der Waals surface area contributed by atoms with Crippen molar-refractivity contribution in [2.45, 2.75) is 33.1 Å². The van der Waals surface area contributed by atoms with Crippen molar-refractivity contribution in [2.75, 3.05) is 39.8 Å². The van der Waals surface area contributed by atoms with Gasteiger partial charge in [-0.05, 0) is 19.8 Å². The summed E-state index contributed by atoms with van der Waals surface area (Å²) in [6.07, 6.45) is 2.72. The molecular weight excluding hydrogens is 296 g/mol. The van der Waals surface area contributed by atoms with Crippen LogP contribution in [0, 0.1) is 11.3 Å². The lowest BCUT2D eigenvalue weighted by atomic mass is 9.79. The Labute approximate surface area is 137 Å². The van der Waals surface area contributed by atoms with Crippen LogP contribution in [-0.4, -0.2) is 62.6 Å². The number of carbonyl (C=O) groups is 2. The van der Waals surface area contributed by atoms with Crippen molar-refractivity contribution >= 4 is 17.8 Å². The molecule has 2 aliphatic rings. The quantitative estimate of drug-likeness (QED) is 0.443. The van der Waals surface area contributed by atoms with Gasteiger partial charge in [0.25, 0.3) is 0 Å². The molecule has 2 heterocycles. The van der Waals surface area contributed by atoms with Crippen LogP contribution in [0.2, 0.25) is 0 Å². The predicted molar refractivity (Wildman–Crippen MR) is 88.0 cm³/mol. The van der Waals surface area contributed by atoms with Crippen molar-refractivity contribution in [3.05, 3.63) is 0 Å². The molecule has 2 saturated heterocycles. The van der Waals surface area contributed by atoms with Crippen molar-refractivity contribution in [1.29, 1.82) is 0 Å². The van der Waals surface area contributed by atoms with Gasteiger partial charge in [-0.3, -0.25) is 14.6 Å². The highest BCUT2D eigenvalue weighted by atomic mass is 16.5. The highest BCUT2D eigenvalue weighted by molar-refractivity contribution is 5.82. The number of ether oxygens (including phenoxy) is 1. The second kappa shape index (κ2) is 7.66. The SMILES string of the molecule is CCNC(=NCC(C)C(=O)OC)N1CCCC2(CNC(=O)C2)C1. The fourth-order valence-corrected chi connectivity index (χ4v) is 3.35. The van der Waals surface area contributed by atoms with Crippen LogP contribution in [0.4, 0.5) is 0 Å². The Bertz CT molecular complexity index is 480. The van der Waals surface area contributed by atoms with Gasteiger partial charge < -0.3 is 20.3 Å². The summed E-state index contributed by atoms with van der Waals surface area (Å²) in [6, 6.07) is 0. The fourth-order valence-electron chi connectivity index (χ4n) is 3.35. The lowest BCUT2D eigenvalue weighted by Crippen LogP contribution is -2.51. The van der Waals surface area contributed by atoms with Crippen LogP contribution in [0.5, 0.6) is 0 Å². The Morgan fingerprint density at radius 2 is 2.35 bits per heavy atom. The zero-order valence-electron chi connectivity index (χ0n) is 14.4. The molecule has 0 aromatic heterocycles. The van der Waals surface area contributed by atoms with E-state index in [2.05, 4.69) is 20.5 Å². The minimum Gasteiger partial charge on any atom is -0.469 e. The standard InChI is InChI=1S/C16H28N4O3/c1-4-17-15(18-9-12(2)14(22)23-3)20-7-5-6-16(11-20)8-13(21)19-10-16/h12H,4-11H2,1-3H3,(H,17,18)(H,19,21). The molecular formula is C16H28N4O3. The summed E-state index contributed by atoms with van der Waals surface area (Å²) >= 11 is 0. The van der Waals surface area contributed by atoms with Crippen molar-refractivity contribution < 1.29 is 14.3 Å². The molecule has 0 aromatic carbocycles. The molecule has 2 rings (SSSR count). The second-order valence-electron chi connectivity index (χ2n) is 6.60. The third kappa shape index (κ3) is 4.36. The summed E-state index contributed by atoms with van der Waals surface area (Å²) in [5, 5.41) is 6.26. The van der Waals surface area contributed by atoms with E-state index in [0.29, 0.717) is 13.0 Å². The highest BCUT2D eigenvalue weighted by Gasteiger charge is 2.42. The van der Waals surface area contributed by atoms with Crippen LogP contribution in [0.25, 0.3) is 0 Å². The molecule has 0 saturated carbocycles. The number of nitrogens with one attached hydrogen (secondary N) is 2. The summed E-state index contributed by atoms with van der Waals surface area (Å²) in [5.41, 5.74) is 0.0273. The molecule has 0 radical (unpaired) electrons. The number of aliphatic imine (C=N–C) groups is 1. The van der Waals surface area contributed by atoms with E-state index in [1.165, 1.54) is 7.11 Å². The number of nitrogens with zero attached hydrogens (tertiary/aromatic N) is 2. The molecule has 0 bridgehead atoms. The molecule has 1 amide bonds. The van der Waals surface area contributed by atoms with Gasteiger partial charge >= 0.3 is 5.97 Å². The number of amides is 1. The number of likely N-dealkylation sites (tertiary alicyclic amines) is 1. The van der Waals surface area contributed by atoms with Gasteiger partial charge in [-0.2, -0.15) is 0 Å². The van der Waals surface area contributed by atoms with Gasteiger partial charge in [-0.1, -0.05) is 6.92 Å². The first-order chi connectivity index (χ1) is 11.0. The number of esters is 1. The Morgan fingerprint density at radius 3 is 2.96 bits per heavy atom. The van der Waals surface area contributed by atoms with E-state index in [4.69, 9.17) is 4.74 Å². The maximum Gasteiger partial charge on any atom is 0.310 e. The molecule has 130 valence electrons. The van der Waals surface area contributed by atoms with Crippen LogP contribution >= 0.6 is 0 Å². The van der Waals surface area contributed by atoms with E-state index in [1.54, 1.807) is 0 Å². The predicted octanol–water partition coefficient (Wildman–Crippen LogP) is 0.363. The van der Waals surface area contributed by atoms with Gasteiger partial charge in [0.15, 0.2) is 5.96 Å². The number of piperidine rings is 1. The van der Waals surface area contributed by atoms with E-state index in [1.807, 2.05) is 13.8 Å². The Hall–Kier alpha value is -1.79. The van der Waals surface area contributed by atoms with Gasteiger partial charge in [0, 0.05) is 38.0 Å². The monoisotopic (exact) mass is 324 g/mol. The van der Waals surface area contributed by atoms with Crippen LogP contribution in [0.1, 0.15) is 33.1 Å². The molecule has 2 atom stereocenters. The molecule has 1 spiro atoms. The zero-order chi connectivity index (χ0) is 16.9. The van der Waals surface area contributed by atoms with E-state index in [9.17, 15) is 9.59 Å². The van der Waals surface area contributed by atoms with Crippen LogP contribution in [0.3, 0.4) is 0 Å². The average Bonchev–Trinajstić information content (AvgIpc) is 2.90. The van der Waals surface area contributed by atoms with E-state index in [-0.39, 0.29) is 23.2 Å². The molecule has 2 aliphatic heterocycles. The van der Waals surface area contributed by atoms with Crippen LogP contribution < -0.4 is 10.6 Å². The summed E-state index contributed by atoms with van der Waals surface area (Å²) in [7, 11) is 1.40. The third-order valence-electron chi connectivity index (χ3n) is 4.61. The first-order valence-electron chi connectivity index (χ1n) is 8.37. The number of hydrogen-bond donors (Lipinski definition) is 2. The molecule has 0 aromatic rings. The summed E-state index contributed by atoms with van der Waals surface area (Å²) in [6.45, 7) is 7.51. The molecule has 2 N–H and O–H groups in total. The van der Waals surface area contributed by atoms with Crippen LogP contribution in [-0.2, 0) is 14.3 Å². The molecule has 7 heteroatoms. The largest absolute Gasteiger partial charge is 0.469 e. The van der Waals surface area contributed by atoms with E-state index < -0.39 is 0 Å². The summed E-state index contributed by atoms with van der Waals surface area (Å²) in [4.78, 5) is 30.0. The van der Waals surface area contributed by atoms with Crippen molar-refractivity contribution in [1.82, 2.24) is 15.5 Å². The Kier molecular flexibility index (Phi) is 5.85. The maximum absolute atomic E-state index is 11.6. The minimum absolute atomic E-state index is 0.0273. The molecule has 2 fully saturated rings. The van der Waals surface area contributed by atoms with Gasteiger partial charge in [0.1, 0.15) is 0 Å². The van der Waals surface area contributed by atoms with Gasteiger partial charge in [-0.15, -0.1) is 0 Å². The second-order valence-corrected chi connectivity index (χ2v) is 6.60. The smallest absolute Gasteiger partial charge is 0.310 e. The number of guanidine groups is 1. The number of carbonyl (C=O) groups excluding carboxylic acids is 2. The Balaban J connectivity index is 2.04. The summed E-state index contributed by atoms with van der Waals surface area (Å²) in [5.74, 6) is 0.460. The minimum atomic E-state index is -0.262. The topological polar surface area (TPSA) is 83.0 Å². The molecule has 7 nitrogen and oxygen atoms in total. The molecule has 0 aliphatic carbocycles. The maximum atomic E-state index is 11.6. The number of hydrogen-bond acceptors (Lipinski definition) is 4. The molecule has 2 unspecified atom stereocenters. The first kappa shape index (κ1) is 17.6. The van der Waals surface area contributed by atoms with Crippen LogP contribution in [0.15, 0.2) is 4.99 Å². The van der Waals surface area contributed by atoms with E-state index in [0.717, 1.165) is 45.0 Å². The zero-order valence-corrected chi connectivity index (χ0v) is 14.4. The normalized spacial score (nSPS) is 26.1. The van der Waals surface area contributed by atoms with Gasteiger partial charge in [0.05, 0.1) is 19.6 Å². The van der Waals surface area contributed by atoms with Crippen molar-refractivity contribution in [3.8, 4) is 0 Å². The Morgan fingerprint density at radius 1 is 1.57 bits per heavy atom. The molecule has 23 heavy (non-hydrogen) atoms. The van der Waals surface area contributed by atoms with Crippen molar-refractivity contribution in [3.63, 3.8) is 0 Å². The fraction of sp³-hybridized carbons (Fsp3) is 0.812. The van der Waals surface area contributed by atoms with Gasteiger partial charge in [-0.25, -0.2) is 0 Å². The third-order valence-corrected chi connectivity index (χ3v) is 4.61. The number of rotatable bonds is 4. The van der Waals surface area contributed by atoms with Crippen molar-refractivity contribution in [2.24, 2.45) is 16.3 Å².